The molecule has 2 fully saturated rings. The topological polar surface area (TPSA) is 51.1 Å². The van der Waals surface area contributed by atoms with Crippen molar-refractivity contribution < 1.29 is 4.74 Å². The molecule has 1 unspecified atom stereocenters. The average molecular weight is 389 g/mol. The van der Waals surface area contributed by atoms with E-state index in [1.54, 1.807) is 0 Å². The Kier molecular flexibility index (Phi) is 4.70. The number of rotatable bonds is 3. The number of pyridine rings is 1. The fourth-order valence-corrected chi connectivity index (χ4v) is 4.99. The fraction of sp³-hybridized carbons (Fsp3) is 0.458. The lowest BCUT2D eigenvalue weighted by Gasteiger charge is -2.33. The number of aryl methyl sites for hydroxylation is 1. The van der Waals surface area contributed by atoms with Gasteiger partial charge >= 0.3 is 0 Å². The smallest absolute Gasteiger partial charge is 0.159 e. The Hall–Kier alpha value is -2.53. The highest BCUT2D eigenvalue weighted by Gasteiger charge is 2.40. The molecule has 5 nitrogen and oxygen atoms in total. The average Bonchev–Trinajstić information content (AvgIpc) is 3.16. The van der Waals surface area contributed by atoms with E-state index in [9.17, 15) is 0 Å². The first-order chi connectivity index (χ1) is 14.2. The molecular weight excluding hydrogens is 360 g/mol. The zero-order valence-corrected chi connectivity index (χ0v) is 17.3. The number of hydrogen-bond donors (Lipinski definition) is 0. The summed E-state index contributed by atoms with van der Waals surface area (Å²) in [6, 6.07) is 12.8. The Morgan fingerprint density at radius 3 is 2.62 bits per heavy atom. The molecule has 29 heavy (non-hydrogen) atoms. The number of nitrogens with zero attached hydrogens (tertiary/aromatic N) is 4. The Labute approximate surface area is 172 Å². The van der Waals surface area contributed by atoms with Gasteiger partial charge in [0.25, 0.3) is 0 Å². The van der Waals surface area contributed by atoms with Crippen molar-refractivity contribution in [2.45, 2.75) is 39.0 Å². The van der Waals surface area contributed by atoms with E-state index in [-0.39, 0.29) is 5.92 Å². The molecule has 5 rings (SSSR count). The van der Waals surface area contributed by atoms with E-state index in [1.807, 2.05) is 13.1 Å². The number of hydrogen-bond acceptors (Lipinski definition) is 5. The molecule has 2 aliphatic heterocycles. The summed E-state index contributed by atoms with van der Waals surface area (Å²) in [5.74, 6) is 1.20. The Morgan fingerprint density at radius 2 is 1.83 bits per heavy atom. The second-order valence-electron chi connectivity index (χ2n) is 8.69. The van der Waals surface area contributed by atoms with Gasteiger partial charge in [0.2, 0.25) is 0 Å². The molecule has 1 spiro atoms. The summed E-state index contributed by atoms with van der Waals surface area (Å²) < 4.78 is 5.61. The standard InChI is InChI=1S/C24H28N4O/c1-17-15-19(7-11-25-17)18(2)22-20-5-3-4-6-21(20)23(27-26-22)28-12-8-24(16-28)9-13-29-14-10-24/h3-7,11,15,18H,8-10,12-14,16H2,1-2H3. The minimum absolute atomic E-state index is 0.170. The van der Waals surface area contributed by atoms with Crippen molar-refractivity contribution in [3.63, 3.8) is 0 Å². The van der Waals surface area contributed by atoms with Crippen LogP contribution in [-0.2, 0) is 4.74 Å². The second kappa shape index (κ2) is 7.38. The summed E-state index contributed by atoms with van der Waals surface area (Å²) in [5, 5.41) is 11.9. The number of anilines is 1. The largest absolute Gasteiger partial charge is 0.381 e. The van der Waals surface area contributed by atoms with Gasteiger partial charge in [0.1, 0.15) is 0 Å². The first kappa shape index (κ1) is 18.5. The van der Waals surface area contributed by atoms with Crippen LogP contribution in [0, 0.1) is 12.3 Å². The lowest BCUT2D eigenvalue weighted by molar-refractivity contribution is 0.0254. The predicted octanol–water partition coefficient (Wildman–Crippen LogP) is 4.49. The van der Waals surface area contributed by atoms with E-state index < -0.39 is 0 Å². The molecule has 1 atom stereocenters. The molecule has 150 valence electrons. The summed E-state index contributed by atoms with van der Waals surface area (Å²) in [6.07, 6.45) is 5.42. The molecule has 3 aromatic rings. The Balaban J connectivity index is 1.52. The first-order valence-corrected chi connectivity index (χ1v) is 10.7. The van der Waals surface area contributed by atoms with Crippen LogP contribution < -0.4 is 4.90 Å². The monoisotopic (exact) mass is 388 g/mol. The predicted molar refractivity (Wildman–Crippen MR) is 115 cm³/mol. The van der Waals surface area contributed by atoms with Crippen molar-refractivity contribution in [1.82, 2.24) is 15.2 Å². The molecule has 2 aromatic heterocycles. The van der Waals surface area contributed by atoms with Gasteiger partial charge in [-0.3, -0.25) is 4.98 Å². The van der Waals surface area contributed by atoms with Crippen molar-refractivity contribution in [1.29, 1.82) is 0 Å². The SMILES string of the molecule is Cc1cc(C(C)c2nnc(N3CCC4(CCOCC4)C3)c3ccccc23)ccn1. The zero-order chi connectivity index (χ0) is 19.8. The van der Waals surface area contributed by atoms with Crippen molar-refractivity contribution >= 4 is 16.6 Å². The van der Waals surface area contributed by atoms with Gasteiger partial charge in [-0.1, -0.05) is 31.2 Å². The summed E-state index contributed by atoms with van der Waals surface area (Å²) >= 11 is 0. The van der Waals surface area contributed by atoms with E-state index in [2.05, 4.69) is 53.2 Å². The first-order valence-electron chi connectivity index (χ1n) is 10.7. The zero-order valence-electron chi connectivity index (χ0n) is 17.3. The highest BCUT2D eigenvalue weighted by Crippen LogP contribution is 2.42. The van der Waals surface area contributed by atoms with Crippen LogP contribution >= 0.6 is 0 Å². The number of fused-ring (bicyclic) bond motifs is 1. The fourth-order valence-electron chi connectivity index (χ4n) is 4.99. The molecule has 5 heteroatoms. The van der Waals surface area contributed by atoms with Crippen LogP contribution in [0.4, 0.5) is 5.82 Å². The minimum Gasteiger partial charge on any atom is -0.381 e. The van der Waals surface area contributed by atoms with Gasteiger partial charge in [-0.2, -0.15) is 5.10 Å². The van der Waals surface area contributed by atoms with Crippen LogP contribution in [0.2, 0.25) is 0 Å². The highest BCUT2D eigenvalue weighted by molar-refractivity contribution is 5.94. The Morgan fingerprint density at radius 1 is 1.03 bits per heavy atom. The maximum absolute atomic E-state index is 5.61. The van der Waals surface area contributed by atoms with E-state index in [0.29, 0.717) is 5.41 Å². The van der Waals surface area contributed by atoms with Crippen LogP contribution in [0.5, 0.6) is 0 Å². The van der Waals surface area contributed by atoms with Gasteiger partial charge in [-0.05, 0) is 49.3 Å². The van der Waals surface area contributed by atoms with E-state index in [1.165, 1.54) is 22.8 Å². The molecule has 2 aliphatic rings. The van der Waals surface area contributed by atoms with E-state index in [4.69, 9.17) is 14.9 Å². The molecule has 0 amide bonds. The Bertz CT molecular complexity index is 1030. The van der Waals surface area contributed by atoms with Gasteiger partial charge in [0, 0.05) is 54.9 Å². The van der Waals surface area contributed by atoms with Gasteiger partial charge in [-0.15, -0.1) is 5.10 Å². The van der Waals surface area contributed by atoms with Crippen LogP contribution in [0.25, 0.3) is 10.8 Å². The quantitative estimate of drug-likeness (QED) is 0.662. The molecule has 1 aromatic carbocycles. The van der Waals surface area contributed by atoms with Crippen LogP contribution in [0.1, 0.15) is 49.1 Å². The summed E-state index contributed by atoms with van der Waals surface area (Å²) in [6.45, 7) is 8.13. The van der Waals surface area contributed by atoms with Gasteiger partial charge in [0.05, 0.1) is 5.69 Å². The van der Waals surface area contributed by atoms with Crippen molar-refractivity contribution in [3.05, 3.63) is 59.5 Å². The molecule has 0 N–H and O–H groups in total. The van der Waals surface area contributed by atoms with Gasteiger partial charge < -0.3 is 9.64 Å². The van der Waals surface area contributed by atoms with Gasteiger partial charge in [0.15, 0.2) is 5.82 Å². The second-order valence-corrected chi connectivity index (χ2v) is 8.69. The van der Waals surface area contributed by atoms with Crippen molar-refractivity contribution in [3.8, 4) is 0 Å². The minimum atomic E-state index is 0.170. The number of aromatic nitrogens is 3. The van der Waals surface area contributed by atoms with Crippen LogP contribution in [-0.4, -0.2) is 41.5 Å². The lowest BCUT2D eigenvalue weighted by atomic mass is 9.80. The van der Waals surface area contributed by atoms with E-state index >= 15 is 0 Å². The third-order valence-corrected chi connectivity index (χ3v) is 6.82. The van der Waals surface area contributed by atoms with Crippen molar-refractivity contribution in [2.24, 2.45) is 5.41 Å². The molecule has 2 saturated heterocycles. The maximum atomic E-state index is 5.61. The molecule has 0 saturated carbocycles. The lowest BCUT2D eigenvalue weighted by Crippen LogP contribution is -2.33. The van der Waals surface area contributed by atoms with E-state index in [0.717, 1.165) is 56.4 Å². The third-order valence-electron chi connectivity index (χ3n) is 6.82. The van der Waals surface area contributed by atoms with Crippen LogP contribution in [0.15, 0.2) is 42.6 Å². The summed E-state index contributed by atoms with van der Waals surface area (Å²) in [7, 11) is 0. The number of ether oxygens (including phenoxy) is 1. The highest BCUT2D eigenvalue weighted by atomic mass is 16.5. The molecule has 0 aliphatic carbocycles. The third kappa shape index (κ3) is 3.38. The molecule has 4 heterocycles. The molecule has 0 bridgehead atoms. The molecular formula is C24H28N4O. The number of benzene rings is 1. The molecule has 0 radical (unpaired) electrons. The summed E-state index contributed by atoms with van der Waals surface area (Å²) in [5.41, 5.74) is 3.69. The van der Waals surface area contributed by atoms with Crippen LogP contribution in [0.3, 0.4) is 0 Å². The van der Waals surface area contributed by atoms with Gasteiger partial charge in [-0.25, -0.2) is 0 Å². The van der Waals surface area contributed by atoms with Crippen molar-refractivity contribution in [2.75, 3.05) is 31.2 Å². The summed E-state index contributed by atoms with van der Waals surface area (Å²) in [4.78, 5) is 6.78. The maximum Gasteiger partial charge on any atom is 0.159 e. The normalized spacial score (nSPS) is 19.7.